The number of imidazole rings is 1. The van der Waals surface area contributed by atoms with Crippen LogP contribution >= 0.6 is 0 Å². The first-order valence-electron chi connectivity index (χ1n) is 9.26. The lowest BCUT2D eigenvalue weighted by molar-refractivity contribution is 0.195. The highest BCUT2D eigenvalue weighted by Crippen LogP contribution is 2.33. The summed E-state index contributed by atoms with van der Waals surface area (Å²) >= 11 is 0. The lowest BCUT2D eigenvalue weighted by Gasteiger charge is -2.17. The van der Waals surface area contributed by atoms with Crippen LogP contribution in [0.3, 0.4) is 0 Å². The van der Waals surface area contributed by atoms with Crippen molar-refractivity contribution in [1.29, 1.82) is 0 Å². The second-order valence-electron chi connectivity index (χ2n) is 7.04. The number of hydrogen-bond acceptors (Lipinski definition) is 4. The van der Waals surface area contributed by atoms with Gasteiger partial charge in [0.05, 0.1) is 11.8 Å². The van der Waals surface area contributed by atoms with Gasteiger partial charge in [0.15, 0.2) is 16.9 Å². The van der Waals surface area contributed by atoms with Crippen molar-refractivity contribution in [3.63, 3.8) is 0 Å². The number of benzene rings is 1. The highest BCUT2D eigenvalue weighted by molar-refractivity contribution is 5.84. The quantitative estimate of drug-likeness (QED) is 0.716. The zero-order valence-electron chi connectivity index (χ0n) is 16.6. The lowest BCUT2D eigenvalue weighted by Crippen LogP contribution is -2.14. The van der Waals surface area contributed by atoms with E-state index in [1.807, 2.05) is 17.6 Å². The summed E-state index contributed by atoms with van der Waals surface area (Å²) in [6, 6.07) is 6.27. The van der Waals surface area contributed by atoms with E-state index in [0.717, 1.165) is 52.3 Å². The summed E-state index contributed by atoms with van der Waals surface area (Å²) in [6.07, 6.45) is 2.06. The van der Waals surface area contributed by atoms with Crippen LogP contribution in [0.5, 0.6) is 5.75 Å². The van der Waals surface area contributed by atoms with E-state index >= 15 is 0 Å². The van der Waals surface area contributed by atoms with Gasteiger partial charge in [0.2, 0.25) is 5.95 Å². The summed E-state index contributed by atoms with van der Waals surface area (Å²) in [4.78, 5) is 9.35. The number of nitrogens with zero attached hydrogens (tertiary/aromatic N) is 3. The van der Waals surface area contributed by atoms with Crippen LogP contribution < -0.4 is 10.5 Å². The van der Waals surface area contributed by atoms with Gasteiger partial charge in [0.1, 0.15) is 0 Å². The molecule has 0 atom stereocenters. The number of anilines is 1. The number of aryl methyl sites for hydroxylation is 4. The second-order valence-corrected chi connectivity index (χ2v) is 7.04. The zero-order chi connectivity index (χ0) is 19.0. The molecule has 0 aliphatic carbocycles. The Kier molecular flexibility index (Phi) is 4.90. The minimum absolute atomic E-state index is 0.161. The van der Waals surface area contributed by atoms with Crippen molar-refractivity contribution >= 4 is 17.1 Å². The Morgan fingerprint density at radius 1 is 1.00 bits per heavy atom. The van der Waals surface area contributed by atoms with Crippen LogP contribution in [0.15, 0.2) is 18.2 Å². The molecule has 3 aromatic rings. The van der Waals surface area contributed by atoms with Crippen LogP contribution in [0.1, 0.15) is 49.1 Å². The molecule has 0 saturated heterocycles. The Bertz CT molecular complexity index is 931. The van der Waals surface area contributed by atoms with E-state index in [0.29, 0.717) is 5.95 Å². The van der Waals surface area contributed by atoms with Crippen LogP contribution in [-0.4, -0.2) is 20.6 Å². The summed E-state index contributed by atoms with van der Waals surface area (Å²) < 4.78 is 8.17. The Hall–Kier alpha value is -2.56. The molecule has 3 rings (SSSR count). The number of hydrogen-bond donors (Lipinski definition) is 1. The van der Waals surface area contributed by atoms with E-state index in [4.69, 9.17) is 15.5 Å². The smallest absolute Gasteiger partial charge is 0.207 e. The van der Waals surface area contributed by atoms with Gasteiger partial charge in [-0.3, -0.25) is 4.57 Å². The molecule has 0 aliphatic rings. The minimum Gasteiger partial charge on any atom is -0.488 e. The van der Waals surface area contributed by atoms with E-state index in [9.17, 15) is 0 Å². The normalized spacial score (nSPS) is 11.5. The average molecular weight is 352 g/mol. The fraction of sp³-hybridized carbons (Fsp3) is 0.429. The summed E-state index contributed by atoms with van der Waals surface area (Å²) in [6.45, 7) is 12.5. The first kappa shape index (κ1) is 18.2. The van der Waals surface area contributed by atoms with Crippen LogP contribution in [-0.2, 0) is 0 Å². The summed E-state index contributed by atoms with van der Waals surface area (Å²) in [5.41, 5.74) is 13.3. The molecule has 2 N–H and O–H groups in total. The van der Waals surface area contributed by atoms with Gasteiger partial charge in [0.25, 0.3) is 0 Å². The first-order chi connectivity index (χ1) is 12.3. The molecule has 0 fully saturated rings. The maximum atomic E-state index is 6.33. The van der Waals surface area contributed by atoms with Gasteiger partial charge in [-0.25, -0.2) is 9.97 Å². The monoisotopic (exact) mass is 352 g/mol. The molecule has 2 aromatic heterocycles. The molecular formula is C21H28N4O. The SMILES string of the molecule is CCC(CC)Oc1cc(C)nc2c1nc(N)n2-c1c(C)cc(C)cc1C. The van der Waals surface area contributed by atoms with Crippen molar-refractivity contribution in [2.45, 2.75) is 60.5 Å². The van der Waals surface area contributed by atoms with Gasteiger partial charge >= 0.3 is 0 Å². The molecule has 0 radical (unpaired) electrons. The Morgan fingerprint density at radius 3 is 2.19 bits per heavy atom. The summed E-state index contributed by atoms with van der Waals surface area (Å²) in [7, 11) is 0. The Morgan fingerprint density at radius 2 is 1.62 bits per heavy atom. The number of ether oxygens (including phenoxy) is 1. The molecule has 0 amide bonds. The number of pyridine rings is 1. The number of aromatic nitrogens is 3. The van der Waals surface area contributed by atoms with E-state index in [1.165, 1.54) is 5.56 Å². The van der Waals surface area contributed by atoms with Gasteiger partial charge in [-0.15, -0.1) is 0 Å². The maximum absolute atomic E-state index is 6.33. The van der Waals surface area contributed by atoms with Gasteiger partial charge in [-0.1, -0.05) is 31.5 Å². The summed E-state index contributed by atoms with van der Waals surface area (Å²) in [5.74, 6) is 1.19. The van der Waals surface area contributed by atoms with Gasteiger partial charge < -0.3 is 10.5 Å². The fourth-order valence-corrected chi connectivity index (χ4v) is 3.62. The molecule has 2 heterocycles. The number of fused-ring (bicyclic) bond motifs is 1. The van der Waals surface area contributed by atoms with Crippen molar-refractivity contribution in [3.8, 4) is 11.4 Å². The highest BCUT2D eigenvalue weighted by Gasteiger charge is 2.20. The highest BCUT2D eigenvalue weighted by atomic mass is 16.5. The van der Waals surface area contributed by atoms with Gasteiger partial charge in [-0.05, 0) is 51.7 Å². The van der Waals surface area contributed by atoms with Crippen molar-refractivity contribution in [1.82, 2.24) is 14.5 Å². The third-order valence-corrected chi connectivity index (χ3v) is 4.80. The van der Waals surface area contributed by atoms with Crippen LogP contribution in [0, 0.1) is 27.7 Å². The second kappa shape index (κ2) is 6.98. The molecule has 5 heteroatoms. The third kappa shape index (κ3) is 3.14. The number of nitrogen functional groups attached to an aromatic ring is 1. The predicted molar refractivity (Wildman–Crippen MR) is 107 cm³/mol. The summed E-state index contributed by atoms with van der Waals surface area (Å²) in [5, 5.41) is 0. The van der Waals surface area contributed by atoms with Crippen LogP contribution in [0.4, 0.5) is 5.95 Å². The molecule has 26 heavy (non-hydrogen) atoms. The van der Waals surface area contributed by atoms with E-state index in [-0.39, 0.29) is 6.10 Å². The number of rotatable bonds is 5. The topological polar surface area (TPSA) is 66.0 Å². The average Bonchev–Trinajstić information content (AvgIpc) is 2.88. The van der Waals surface area contributed by atoms with Crippen molar-refractivity contribution in [3.05, 3.63) is 40.6 Å². The molecule has 1 aromatic carbocycles. The standard InChI is InChI=1S/C21H28N4O/c1-7-16(8-2)26-17-11-15(6)23-20-18(17)24-21(22)25(20)19-13(4)9-12(3)10-14(19)5/h9-11,16H,7-8H2,1-6H3,(H2,22,24). The lowest BCUT2D eigenvalue weighted by atomic mass is 10.0. The van der Waals surface area contributed by atoms with Crippen molar-refractivity contribution in [2.75, 3.05) is 5.73 Å². The zero-order valence-corrected chi connectivity index (χ0v) is 16.6. The largest absolute Gasteiger partial charge is 0.488 e. The molecule has 0 saturated carbocycles. The first-order valence-corrected chi connectivity index (χ1v) is 9.26. The maximum Gasteiger partial charge on any atom is 0.207 e. The van der Waals surface area contributed by atoms with E-state index < -0.39 is 0 Å². The minimum atomic E-state index is 0.161. The fourth-order valence-electron chi connectivity index (χ4n) is 3.62. The molecule has 0 spiro atoms. The third-order valence-electron chi connectivity index (χ3n) is 4.80. The molecule has 0 aliphatic heterocycles. The van der Waals surface area contributed by atoms with E-state index in [2.05, 4.69) is 51.7 Å². The molecular weight excluding hydrogens is 324 g/mol. The van der Waals surface area contributed by atoms with Crippen LogP contribution in [0.25, 0.3) is 16.9 Å². The van der Waals surface area contributed by atoms with Crippen LogP contribution in [0.2, 0.25) is 0 Å². The van der Waals surface area contributed by atoms with Crippen molar-refractivity contribution < 1.29 is 4.74 Å². The Balaban J connectivity index is 2.26. The van der Waals surface area contributed by atoms with E-state index in [1.54, 1.807) is 0 Å². The predicted octanol–water partition coefficient (Wildman–Crippen LogP) is 4.80. The molecule has 0 unspecified atom stereocenters. The number of nitrogens with two attached hydrogens (primary N) is 1. The Labute approximate surface area is 155 Å². The van der Waals surface area contributed by atoms with Gasteiger partial charge in [0, 0.05) is 11.8 Å². The van der Waals surface area contributed by atoms with Crippen molar-refractivity contribution in [2.24, 2.45) is 0 Å². The molecule has 0 bridgehead atoms. The molecule has 138 valence electrons. The molecule has 5 nitrogen and oxygen atoms in total. The van der Waals surface area contributed by atoms with Gasteiger partial charge in [-0.2, -0.15) is 0 Å².